The highest BCUT2D eigenvalue weighted by Gasteiger charge is 2.16. The van der Waals surface area contributed by atoms with Crippen molar-refractivity contribution >= 4 is 28.5 Å². The van der Waals surface area contributed by atoms with Gasteiger partial charge in [-0.2, -0.15) is 0 Å². The van der Waals surface area contributed by atoms with E-state index in [-0.39, 0.29) is 5.91 Å². The van der Waals surface area contributed by atoms with Crippen LogP contribution in [-0.4, -0.2) is 37.5 Å². The van der Waals surface area contributed by atoms with Crippen LogP contribution in [0.1, 0.15) is 24.2 Å². The van der Waals surface area contributed by atoms with Crippen molar-refractivity contribution < 1.29 is 4.79 Å². The van der Waals surface area contributed by atoms with Crippen molar-refractivity contribution in [3.05, 3.63) is 33.4 Å². The maximum Gasteiger partial charge on any atom is 0.251 e. The zero-order valence-corrected chi connectivity index (χ0v) is 13.6. The van der Waals surface area contributed by atoms with Crippen LogP contribution < -0.4 is 5.32 Å². The molecule has 1 aromatic carbocycles. The Morgan fingerprint density at radius 2 is 1.83 bits per heavy atom. The van der Waals surface area contributed by atoms with Gasteiger partial charge in [0.1, 0.15) is 0 Å². The molecular formula is C14H21IN2O. The van der Waals surface area contributed by atoms with Gasteiger partial charge in [-0.25, -0.2) is 0 Å². The fourth-order valence-corrected chi connectivity index (χ4v) is 2.27. The summed E-state index contributed by atoms with van der Waals surface area (Å²) in [6.07, 6.45) is 0. The molecule has 0 spiro atoms. The highest BCUT2D eigenvalue weighted by atomic mass is 127. The second-order valence-corrected chi connectivity index (χ2v) is 6.24. The standard InChI is InChI=1S/C14H21IN2O/c1-10(2)13(17(3)4)9-16-14(18)11-5-7-12(15)8-6-11/h5-8,10,13H,9H2,1-4H3,(H,16,18). The predicted octanol–water partition coefficient (Wildman–Crippen LogP) is 2.61. The van der Waals surface area contributed by atoms with Gasteiger partial charge in [0.25, 0.3) is 5.91 Å². The highest BCUT2D eigenvalue weighted by molar-refractivity contribution is 14.1. The van der Waals surface area contributed by atoms with Crippen LogP contribution in [-0.2, 0) is 0 Å². The Hall–Kier alpha value is -0.620. The molecule has 1 aromatic rings. The molecule has 0 heterocycles. The highest BCUT2D eigenvalue weighted by Crippen LogP contribution is 2.08. The molecule has 1 rings (SSSR count). The molecule has 1 N–H and O–H groups in total. The third kappa shape index (κ3) is 4.57. The zero-order chi connectivity index (χ0) is 13.7. The van der Waals surface area contributed by atoms with E-state index in [4.69, 9.17) is 0 Å². The molecule has 18 heavy (non-hydrogen) atoms. The quantitative estimate of drug-likeness (QED) is 0.819. The number of hydrogen-bond acceptors (Lipinski definition) is 2. The number of nitrogens with zero attached hydrogens (tertiary/aromatic N) is 1. The summed E-state index contributed by atoms with van der Waals surface area (Å²) < 4.78 is 1.14. The molecule has 0 aliphatic heterocycles. The van der Waals surface area contributed by atoms with Gasteiger partial charge in [0, 0.05) is 21.7 Å². The second-order valence-electron chi connectivity index (χ2n) is 4.99. The summed E-state index contributed by atoms with van der Waals surface area (Å²) in [5.74, 6) is 0.510. The smallest absolute Gasteiger partial charge is 0.251 e. The first-order valence-electron chi connectivity index (χ1n) is 6.12. The number of carbonyl (C=O) groups is 1. The largest absolute Gasteiger partial charge is 0.350 e. The average Bonchev–Trinajstić information content (AvgIpc) is 2.28. The SMILES string of the molecule is CC(C)C(CNC(=O)c1ccc(I)cc1)N(C)C. The Kier molecular flexibility index (Phi) is 6.08. The molecule has 0 saturated heterocycles. The Bertz CT molecular complexity index is 379. The lowest BCUT2D eigenvalue weighted by atomic mass is 10.0. The number of carbonyl (C=O) groups excluding carboxylic acids is 1. The van der Waals surface area contributed by atoms with E-state index in [1.165, 1.54) is 0 Å². The van der Waals surface area contributed by atoms with Crippen LogP contribution in [0.5, 0.6) is 0 Å². The maximum absolute atomic E-state index is 12.0. The first-order valence-corrected chi connectivity index (χ1v) is 7.20. The van der Waals surface area contributed by atoms with Gasteiger partial charge in [-0.05, 0) is 66.9 Å². The van der Waals surface area contributed by atoms with Crippen molar-refractivity contribution in [3.63, 3.8) is 0 Å². The van der Waals surface area contributed by atoms with Crippen LogP contribution >= 0.6 is 22.6 Å². The van der Waals surface area contributed by atoms with Crippen molar-refractivity contribution in [1.82, 2.24) is 10.2 Å². The van der Waals surface area contributed by atoms with E-state index in [2.05, 4.69) is 46.7 Å². The van der Waals surface area contributed by atoms with E-state index in [1.54, 1.807) is 0 Å². The summed E-state index contributed by atoms with van der Waals surface area (Å²) in [6.45, 7) is 5.01. The Labute approximate surface area is 123 Å². The second kappa shape index (κ2) is 7.09. The van der Waals surface area contributed by atoms with Crippen molar-refractivity contribution in [3.8, 4) is 0 Å². The molecule has 1 unspecified atom stereocenters. The van der Waals surface area contributed by atoms with E-state index in [1.807, 2.05) is 38.4 Å². The van der Waals surface area contributed by atoms with Gasteiger partial charge in [0.15, 0.2) is 0 Å². The number of amides is 1. The summed E-state index contributed by atoms with van der Waals surface area (Å²) in [7, 11) is 4.09. The lowest BCUT2D eigenvalue weighted by Crippen LogP contribution is -2.43. The Morgan fingerprint density at radius 3 is 2.28 bits per heavy atom. The van der Waals surface area contributed by atoms with Crippen molar-refractivity contribution in [2.75, 3.05) is 20.6 Å². The van der Waals surface area contributed by atoms with Crippen molar-refractivity contribution in [2.45, 2.75) is 19.9 Å². The Morgan fingerprint density at radius 1 is 1.28 bits per heavy atom. The van der Waals surface area contributed by atoms with E-state index in [9.17, 15) is 4.79 Å². The number of hydrogen-bond donors (Lipinski definition) is 1. The van der Waals surface area contributed by atoms with E-state index in [0.29, 0.717) is 18.5 Å². The third-order valence-electron chi connectivity index (χ3n) is 3.01. The minimum absolute atomic E-state index is 0.00102. The van der Waals surface area contributed by atoms with Gasteiger partial charge in [0.05, 0.1) is 0 Å². The van der Waals surface area contributed by atoms with Gasteiger partial charge in [-0.1, -0.05) is 13.8 Å². The minimum Gasteiger partial charge on any atom is -0.350 e. The Balaban J connectivity index is 2.57. The molecule has 0 aliphatic rings. The molecule has 1 amide bonds. The summed E-state index contributed by atoms with van der Waals surface area (Å²) in [5.41, 5.74) is 0.719. The fraction of sp³-hybridized carbons (Fsp3) is 0.500. The minimum atomic E-state index is -0.00102. The molecule has 0 fully saturated rings. The predicted molar refractivity (Wildman–Crippen MR) is 83.8 cm³/mol. The monoisotopic (exact) mass is 360 g/mol. The molecule has 3 nitrogen and oxygen atoms in total. The van der Waals surface area contributed by atoms with Crippen molar-refractivity contribution in [2.24, 2.45) is 5.92 Å². The number of likely N-dealkylation sites (N-methyl/N-ethyl adjacent to an activating group) is 1. The van der Waals surface area contributed by atoms with Crippen LogP contribution in [0.25, 0.3) is 0 Å². The number of halogens is 1. The fourth-order valence-electron chi connectivity index (χ4n) is 1.92. The van der Waals surface area contributed by atoms with E-state index < -0.39 is 0 Å². The van der Waals surface area contributed by atoms with Crippen LogP contribution in [0.15, 0.2) is 24.3 Å². The molecule has 0 saturated carbocycles. The van der Waals surface area contributed by atoms with Gasteiger partial charge in [-0.3, -0.25) is 4.79 Å². The van der Waals surface area contributed by atoms with Gasteiger partial charge >= 0.3 is 0 Å². The zero-order valence-electron chi connectivity index (χ0n) is 11.4. The maximum atomic E-state index is 12.0. The van der Waals surface area contributed by atoms with Crippen LogP contribution in [0, 0.1) is 9.49 Å². The van der Waals surface area contributed by atoms with Crippen molar-refractivity contribution in [1.29, 1.82) is 0 Å². The first-order chi connectivity index (χ1) is 8.41. The van der Waals surface area contributed by atoms with Gasteiger partial charge in [-0.15, -0.1) is 0 Å². The summed E-state index contributed by atoms with van der Waals surface area (Å²) in [6, 6.07) is 7.97. The molecule has 0 aliphatic carbocycles. The molecule has 4 heteroatoms. The lowest BCUT2D eigenvalue weighted by molar-refractivity contribution is 0.0934. The first kappa shape index (κ1) is 15.4. The van der Waals surface area contributed by atoms with Crippen LogP contribution in [0.4, 0.5) is 0 Å². The number of benzene rings is 1. The lowest BCUT2D eigenvalue weighted by Gasteiger charge is -2.28. The number of nitrogens with one attached hydrogen (secondary N) is 1. The molecule has 0 bridgehead atoms. The van der Waals surface area contributed by atoms with E-state index in [0.717, 1.165) is 9.13 Å². The average molecular weight is 360 g/mol. The van der Waals surface area contributed by atoms with E-state index >= 15 is 0 Å². The molecule has 0 radical (unpaired) electrons. The molecular weight excluding hydrogens is 339 g/mol. The third-order valence-corrected chi connectivity index (χ3v) is 3.73. The molecule has 100 valence electrons. The summed E-state index contributed by atoms with van der Waals surface area (Å²) in [4.78, 5) is 14.1. The van der Waals surface area contributed by atoms with Gasteiger partial charge < -0.3 is 10.2 Å². The number of rotatable bonds is 5. The molecule has 1 atom stereocenters. The van der Waals surface area contributed by atoms with Crippen LogP contribution in [0.2, 0.25) is 0 Å². The summed E-state index contributed by atoms with van der Waals surface area (Å²) >= 11 is 2.23. The normalized spacial score (nSPS) is 12.8. The molecule has 0 aromatic heterocycles. The topological polar surface area (TPSA) is 32.3 Å². The van der Waals surface area contributed by atoms with Gasteiger partial charge in [0.2, 0.25) is 0 Å². The summed E-state index contributed by atoms with van der Waals surface area (Å²) in [5, 5.41) is 3.00. The van der Waals surface area contributed by atoms with Crippen LogP contribution in [0.3, 0.4) is 0 Å².